The molecular weight excluding hydrogens is 240 g/mol. The Morgan fingerprint density at radius 3 is 2.74 bits per heavy atom. The first-order valence-electron chi connectivity index (χ1n) is 6.82. The molecule has 0 aliphatic carbocycles. The molecule has 1 aromatic rings. The molecule has 1 aromatic carbocycles. The molecule has 0 spiro atoms. The summed E-state index contributed by atoms with van der Waals surface area (Å²) >= 11 is 0. The lowest BCUT2D eigenvalue weighted by atomic mass is 9.97. The molecule has 4 heteroatoms. The summed E-state index contributed by atoms with van der Waals surface area (Å²) in [7, 11) is 2.13. The van der Waals surface area contributed by atoms with Crippen LogP contribution in [0.1, 0.15) is 28.8 Å². The van der Waals surface area contributed by atoms with E-state index in [0.717, 1.165) is 38.0 Å². The maximum atomic E-state index is 12.0. The molecule has 0 radical (unpaired) electrons. The number of likely N-dealkylation sites (tertiary alicyclic amines) is 1. The van der Waals surface area contributed by atoms with Gasteiger partial charge in [-0.1, -0.05) is 6.07 Å². The molecule has 4 nitrogen and oxygen atoms in total. The Morgan fingerprint density at radius 2 is 2.11 bits per heavy atom. The average molecular weight is 262 g/mol. The van der Waals surface area contributed by atoms with Gasteiger partial charge >= 0.3 is 0 Å². The van der Waals surface area contributed by atoms with Crippen LogP contribution in [-0.2, 0) is 0 Å². The van der Waals surface area contributed by atoms with Crippen LogP contribution in [0.4, 0.5) is 0 Å². The van der Waals surface area contributed by atoms with Gasteiger partial charge in [0.05, 0.1) is 0 Å². The van der Waals surface area contributed by atoms with Gasteiger partial charge in [-0.25, -0.2) is 0 Å². The third-order valence-electron chi connectivity index (χ3n) is 3.86. The van der Waals surface area contributed by atoms with E-state index in [-0.39, 0.29) is 11.7 Å². The van der Waals surface area contributed by atoms with Crippen LogP contribution in [0.25, 0.3) is 0 Å². The Balaban J connectivity index is 1.85. The number of benzene rings is 1. The number of amides is 1. The van der Waals surface area contributed by atoms with Crippen molar-refractivity contribution in [2.45, 2.75) is 19.8 Å². The predicted molar refractivity (Wildman–Crippen MR) is 75.4 cm³/mol. The van der Waals surface area contributed by atoms with Gasteiger partial charge in [-0.2, -0.15) is 0 Å². The van der Waals surface area contributed by atoms with Gasteiger partial charge in [0, 0.05) is 12.1 Å². The first-order valence-corrected chi connectivity index (χ1v) is 6.82. The van der Waals surface area contributed by atoms with Crippen LogP contribution in [0.15, 0.2) is 18.2 Å². The average Bonchev–Trinajstić information content (AvgIpc) is 2.41. The standard InChI is InChI=1S/C15H22N2O2/c1-11-3-4-13(9-14(11)18)15(19)16-10-12-5-7-17(2)8-6-12/h3-4,9,12,18H,5-8,10H2,1-2H3,(H,16,19). The first kappa shape index (κ1) is 13.9. The van der Waals surface area contributed by atoms with E-state index < -0.39 is 0 Å². The fraction of sp³-hybridized carbons (Fsp3) is 0.533. The number of rotatable bonds is 3. The Morgan fingerprint density at radius 1 is 1.42 bits per heavy atom. The Labute approximate surface area is 114 Å². The third kappa shape index (κ3) is 3.70. The van der Waals surface area contributed by atoms with E-state index in [0.29, 0.717) is 11.5 Å². The topological polar surface area (TPSA) is 52.6 Å². The molecule has 1 fully saturated rings. The van der Waals surface area contributed by atoms with Crippen molar-refractivity contribution in [3.8, 4) is 5.75 Å². The van der Waals surface area contributed by atoms with Crippen LogP contribution in [0.2, 0.25) is 0 Å². The maximum absolute atomic E-state index is 12.0. The van der Waals surface area contributed by atoms with Crippen molar-refractivity contribution >= 4 is 5.91 Å². The highest BCUT2D eigenvalue weighted by molar-refractivity contribution is 5.94. The van der Waals surface area contributed by atoms with Crippen LogP contribution in [-0.4, -0.2) is 42.6 Å². The smallest absolute Gasteiger partial charge is 0.251 e. The van der Waals surface area contributed by atoms with E-state index in [2.05, 4.69) is 17.3 Å². The van der Waals surface area contributed by atoms with E-state index in [1.54, 1.807) is 12.1 Å². The van der Waals surface area contributed by atoms with Gasteiger partial charge < -0.3 is 15.3 Å². The number of carbonyl (C=O) groups is 1. The van der Waals surface area contributed by atoms with Crippen molar-refractivity contribution in [1.82, 2.24) is 10.2 Å². The summed E-state index contributed by atoms with van der Waals surface area (Å²) in [6.45, 7) is 4.74. The van der Waals surface area contributed by atoms with E-state index in [1.807, 2.05) is 6.92 Å². The van der Waals surface area contributed by atoms with Crippen molar-refractivity contribution in [2.75, 3.05) is 26.7 Å². The molecule has 1 heterocycles. The zero-order valence-corrected chi connectivity index (χ0v) is 11.6. The molecule has 0 bridgehead atoms. The Bertz CT molecular complexity index is 451. The molecular formula is C15H22N2O2. The van der Waals surface area contributed by atoms with Gasteiger partial charge in [-0.3, -0.25) is 4.79 Å². The molecule has 0 aromatic heterocycles. The van der Waals surface area contributed by atoms with E-state index >= 15 is 0 Å². The number of hydrogen-bond acceptors (Lipinski definition) is 3. The molecule has 1 aliphatic heterocycles. The summed E-state index contributed by atoms with van der Waals surface area (Å²) in [4.78, 5) is 14.3. The van der Waals surface area contributed by atoms with Crippen LogP contribution < -0.4 is 5.32 Å². The summed E-state index contributed by atoms with van der Waals surface area (Å²) in [5.41, 5.74) is 1.31. The number of carbonyl (C=O) groups excluding carboxylic acids is 1. The maximum Gasteiger partial charge on any atom is 0.251 e. The normalized spacial score (nSPS) is 17.4. The summed E-state index contributed by atoms with van der Waals surface area (Å²) in [6.07, 6.45) is 2.27. The fourth-order valence-electron chi connectivity index (χ4n) is 2.36. The number of phenols is 1. The second-order valence-corrected chi connectivity index (χ2v) is 5.46. The molecule has 19 heavy (non-hydrogen) atoms. The molecule has 1 amide bonds. The summed E-state index contributed by atoms with van der Waals surface area (Å²) in [5.74, 6) is 0.639. The SMILES string of the molecule is Cc1ccc(C(=O)NCC2CCN(C)CC2)cc1O. The van der Waals surface area contributed by atoms with Crippen molar-refractivity contribution in [2.24, 2.45) is 5.92 Å². The number of nitrogens with zero attached hydrogens (tertiary/aromatic N) is 1. The largest absolute Gasteiger partial charge is 0.508 e. The molecule has 1 saturated heterocycles. The second-order valence-electron chi connectivity index (χ2n) is 5.46. The lowest BCUT2D eigenvalue weighted by Crippen LogP contribution is -2.36. The number of hydrogen-bond donors (Lipinski definition) is 2. The molecule has 0 atom stereocenters. The molecule has 2 N–H and O–H groups in total. The summed E-state index contributed by atoms with van der Waals surface area (Å²) in [6, 6.07) is 5.04. The van der Waals surface area contributed by atoms with Gasteiger partial charge in [0.15, 0.2) is 0 Å². The van der Waals surface area contributed by atoms with Gasteiger partial charge in [0.2, 0.25) is 0 Å². The zero-order valence-electron chi connectivity index (χ0n) is 11.6. The Kier molecular flexibility index (Phi) is 4.43. The van der Waals surface area contributed by atoms with Crippen LogP contribution in [0.3, 0.4) is 0 Å². The number of piperidine rings is 1. The van der Waals surface area contributed by atoms with Gasteiger partial charge in [0.1, 0.15) is 5.75 Å². The number of aryl methyl sites for hydroxylation is 1. The lowest BCUT2D eigenvalue weighted by molar-refractivity contribution is 0.0938. The summed E-state index contributed by atoms with van der Waals surface area (Å²) < 4.78 is 0. The first-order chi connectivity index (χ1) is 9.06. The molecule has 0 saturated carbocycles. The van der Waals surface area contributed by atoms with Gasteiger partial charge in [-0.05, 0) is 63.5 Å². The highest BCUT2D eigenvalue weighted by atomic mass is 16.3. The van der Waals surface area contributed by atoms with E-state index in [9.17, 15) is 9.90 Å². The van der Waals surface area contributed by atoms with Crippen molar-refractivity contribution in [3.63, 3.8) is 0 Å². The molecule has 0 unspecified atom stereocenters. The minimum Gasteiger partial charge on any atom is -0.508 e. The lowest BCUT2D eigenvalue weighted by Gasteiger charge is -2.28. The highest BCUT2D eigenvalue weighted by Gasteiger charge is 2.17. The monoisotopic (exact) mass is 262 g/mol. The minimum atomic E-state index is -0.103. The van der Waals surface area contributed by atoms with E-state index in [4.69, 9.17) is 0 Å². The van der Waals surface area contributed by atoms with E-state index in [1.165, 1.54) is 6.07 Å². The molecule has 2 rings (SSSR count). The van der Waals surface area contributed by atoms with Gasteiger partial charge in [-0.15, -0.1) is 0 Å². The minimum absolute atomic E-state index is 0.103. The predicted octanol–water partition coefficient (Wildman–Crippen LogP) is 1.77. The number of phenolic OH excluding ortho intramolecular Hbond substituents is 1. The van der Waals surface area contributed by atoms with Crippen LogP contribution in [0.5, 0.6) is 5.75 Å². The third-order valence-corrected chi connectivity index (χ3v) is 3.86. The highest BCUT2D eigenvalue weighted by Crippen LogP contribution is 2.18. The summed E-state index contributed by atoms with van der Waals surface area (Å²) in [5, 5.41) is 12.6. The number of aromatic hydroxyl groups is 1. The Hall–Kier alpha value is -1.55. The van der Waals surface area contributed by atoms with Crippen LogP contribution >= 0.6 is 0 Å². The van der Waals surface area contributed by atoms with Crippen molar-refractivity contribution in [1.29, 1.82) is 0 Å². The molecule has 104 valence electrons. The van der Waals surface area contributed by atoms with Crippen molar-refractivity contribution < 1.29 is 9.90 Å². The zero-order chi connectivity index (χ0) is 13.8. The van der Waals surface area contributed by atoms with Crippen molar-refractivity contribution in [3.05, 3.63) is 29.3 Å². The molecule has 1 aliphatic rings. The van der Waals surface area contributed by atoms with Gasteiger partial charge in [0.25, 0.3) is 5.91 Å². The quantitative estimate of drug-likeness (QED) is 0.873. The van der Waals surface area contributed by atoms with Crippen LogP contribution in [0, 0.1) is 12.8 Å². The fourth-order valence-corrected chi connectivity index (χ4v) is 2.36. The second kappa shape index (κ2) is 6.06. The number of nitrogens with one attached hydrogen (secondary N) is 1.